The summed E-state index contributed by atoms with van der Waals surface area (Å²) in [6, 6.07) is 14.4. The Balaban J connectivity index is 1.23. The van der Waals surface area contributed by atoms with Crippen molar-refractivity contribution >= 4 is 51.8 Å². The van der Waals surface area contributed by atoms with Crippen LogP contribution in [0.15, 0.2) is 58.5 Å². The average molecular weight is 569 g/mol. The average Bonchev–Trinajstić information content (AvgIpc) is 3.48. The zero-order chi connectivity index (χ0) is 27.2. The summed E-state index contributed by atoms with van der Waals surface area (Å²) in [4.78, 5) is 43.6. The van der Waals surface area contributed by atoms with Crippen LogP contribution in [0.3, 0.4) is 0 Å². The number of halogens is 1. The fraction of sp³-hybridized carbons (Fsp3) is 0.448. The molecular formula is C29H33ClN4O4S. The van der Waals surface area contributed by atoms with Gasteiger partial charge in [0.15, 0.2) is 5.16 Å². The fourth-order valence-electron chi connectivity index (χ4n) is 5.33. The van der Waals surface area contributed by atoms with E-state index in [1.165, 1.54) is 11.8 Å². The van der Waals surface area contributed by atoms with Gasteiger partial charge in [0, 0.05) is 25.6 Å². The van der Waals surface area contributed by atoms with Crippen molar-refractivity contribution in [3.8, 4) is 0 Å². The summed E-state index contributed by atoms with van der Waals surface area (Å²) in [5, 5.41) is 7.43. The number of ether oxygens (including phenoxy) is 1. The highest BCUT2D eigenvalue weighted by Crippen LogP contribution is 2.31. The molecule has 0 radical (unpaired) electrons. The van der Waals surface area contributed by atoms with Gasteiger partial charge in [-0.15, -0.1) is 0 Å². The maximum absolute atomic E-state index is 13.5. The molecule has 8 nitrogen and oxygen atoms in total. The van der Waals surface area contributed by atoms with Crippen molar-refractivity contribution in [1.82, 2.24) is 14.9 Å². The molecule has 1 aliphatic carbocycles. The Morgan fingerprint density at radius 2 is 1.82 bits per heavy atom. The summed E-state index contributed by atoms with van der Waals surface area (Å²) in [5.41, 5.74) is 1.05. The number of carbonyl (C=O) groups is 2. The Bertz CT molecular complexity index is 1380. The van der Waals surface area contributed by atoms with E-state index in [1.54, 1.807) is 34.9 Å². The smallest absolute Gasteiger partial charge is 0.262 e. The highest BCUT2D eigenvalue weighted by atomic mass is 35.5. The first-order chi connectivity index (χ1) is 19.0. The van der Waals surface area contributed by atoms with Crippen LogP contribution in [0.1, 0.15) is 38.5 Å². The number of anilines is 1. The van der Waals surface area contributed by atoms with Crippen molar-refractivity contribution in [1.29, 1.82) is 0 Å². The molecule has 2 heterocycles. The monoisotopic (exact) mass is 568 g/mol. The highest BCUT2D eigenvalue weighted by molar-refractivity contribution is 7.99. The van der Waals surface area contributed by atoms with Crippen molar-refractivity contribution in [3.05, 3.63) is 63.9 Å². The zero-order valence-electron chi connectivity index (χ0n) is 21.7. The summed E-state index contributed by atoms with van der Waals surface area (Å²) in [5.74, 6) is 0.222. The van der Waals surface area contributed by atoms with Crippen LogP contribution in [-0.2, 0) is 20.9 Å². The number of carbonyl (C=O) groups excluding carboxylic acids is 2. The number of nitrogens with zero attached hydrogens (tertiary/aromatic N) is 2. The lowest BCUT2D eigenvalue weighted by atomic mass is 9.81. The van der Waals surface area contributed by atoms with Crippen molar-refractivity contribution in [2.75, 3.05) is 24.2 Å². The molecule has 2 aliphatic rings. The summed E-state index contributed by atoms with van der Waals surface area (Å²) in [6.07, 6.45) is 5.49. The molecule has 1 atom stereocenters. The zero-order valence-corrected chi connectivity index (χ0v) is 23.3. The van der Waals surface area contributed by atoms with Crippen molar-refractivity contribution in [2.24, 2.45) is 11.8 Å². The van der Waals surface area contributed by atoms with E-state index in [4.69, 9.17) is 21.3 Å². The quantitative estimate of drug-likeness (QED) is 0.282. The molecule has 1 saturated heterocycles. The molecule has 0 spiro atoms. The number of nitrogens with one attached hydrogen (secondary N) is 2. The van der Waals surface area contributed by atoms with E-state index in [9.17, 15) is 14.4 Å². The number of hydrogen-bond acceptors (Lipinski definition) is 6. The van der Waals surface area contributed by atoms with E-state index in [-0.39, 0.29) is 41.1 Å². The van der Waals surface area contributed by atoms with Gasteiger partial charge >= 0.3 is 0 Å². The van der Waals surface area contributed by atoms with Crippen LogP contribution in [0.5, 0.6) is 0 Å². The van der Waals surface area contributed by atoms with E-state index < -0.39 is 0 Å². The maximum Gasteiger partial charge on any atom is 0.262 e. The van der Waals surface area contributed by atoms with Crippen LogP contribution < -0.4 is 16.2 Å². The van der Waals surface area contributed by atoms with Crippen LogP contribution in [-0.4, -0.2) is 46.4 Å². The first-order valence-electron chi connectivity index (χ1n) is 13.5. The number of benzene rings is 2. The molecule has 10 heteroatoms. The first kappa shape index (κ1) is 27.7. The number of rotatable bonds is 9. The number of hydrogen-bond donors (Lipinski definition) is 2. The molecule has 2 amide bonds. The second-order valence-electron chi connectivity index (χ2n) is 10.2. The lowest BCUT2D eigenvalue weighted by Gasteiger charge is -2.29. The number of aromatic nitrogens is 2. The van der Waals surface area contributed by atoms with Gasteiger partial charge in [-0.25, -0.2) is 4.98 Å². The van der Waals surface area contributed by atoms with E-state index in [1.807, 2.05) is 18.2 Å². The minimum Gasteiger partial charge on any atom is -0.376 e. The van der Waals surface area contributed by atoms with Gasteiger partial charge in [-0.3, -0.25) is 19.0 Å². The van der Waals surface area contributed by atoms with Crippen molar-refractivity contribution in [3.63, 3.8) is 0 Å². The lowest BCUT2D eigenvalue weighted by molar-refractivity contribution is -0.126. The van der Waals surface area contributed by atoms with Crippen molar-refractivity contribution < 1.29 is 14.3 Å². The van der Waals surface area contributed by atoms with Gasteiger partial charge in [-0.1, -0.05) is 47.6 Å². The molecule has 1 unspecified atom stereocenters. The second-order valence-corrected chi connectivity index (χ2v) is 11.6. The largest absolute Gasteiger partial charge is 0.376 e. The van der Waals surface area contributed by atoms with Gasteiger partial charge in [-0.2, -0.15) is 0 Å². The predicted octanol–water partition coefficient (Wildman–Crippen LogP) is 4.88. The normalized spacial score (nSPS) is 21.1. The third kappa shape index (κ3) is 7.01. The fourth-order valence-corrected chi connectivity index (χ4v) is 6.32. The molecule has 2 aromatic carbocycles. The van der Waals surface area contributed by atoms with E-state index in [0.29, 0.717) is 39.9 Å². The summed E-state index contributed by atoms with van der Waals surface area (Å²) in [6.45, 7) is 1.87. The number of para-hydroxylation sites is 2. The molecule has 3 aromatic rings. The van der Waals surface area contributed by atoms with Crippen LogP contribution in [0.25, 0.3) is 10.9 Å². The molecule has 5 rings (SSSR count). The van der Waals surface area contributed by atoms with Crippen molar-refractivity contribution in [2.45, 2.75) is 56.3 Å². The Morgan fingerprint density at radius 3 is 2.59 bits per heavy atom. The minimum atomic E-state index is -0.225. The van der Waals surface area contributed by atoms with E-state index in [2.05, 4.69) is 10.6 Å². The molecule has 0 bridgehead atoms. The molecular weight excluding hydrogens is 536 g/mol. The third-order valence-corrected chi connectivity index (χ3v) is 8.80. The Hall–Kier alpha value is -2.88. The molecule has 39 heavy (non-hydrogen) atoms. The number of fused-ring (bicyclic) bond motifs is 1. The van der Waals surface area contributed by atoms with Gasteiger partial charge in [0.05, 0.1) is 33.5 Å². The molecule has 2 N–H and O–H groups in total. The summed E-state index contributed by atoms with van der Waals surface area (Å²) < 4.78 is 7.32. The molecule has 206 valence electrons. The maximum atomic E-state index is 13.5. The molecule has 1 aliphatic heterocycles. The van der Waals surface area contributed by atoms with Gasteiger partial charge in [0.2, 0.25) is 11.8 Å². The van der Waals surface area contributed by atoms with Crippen LogP contribution >= 0.6 is 23.4 Å². The van der Waals surface area contributed by atoms with Gasteiger partial charge in [-0.05, 0) is 68.7 Å². The summed E-state index contributed by atoms with van der Waals surface area (Å²) >= 11 is 7.41. The number of amides is 2. The van der Waals surface area contributed by atoms with E-state index >= 15 is 0 Å². The molecule has 1 aromatic heterocycles. The van der Waals surface area contributed by atoms with Gasteiger partial charge in [0.25, 0.3) is 5.56 Å². The standard InChI is InChI=1S/C29H33ClN4O4S/c30-23-8-2-4-10-25(23)32-26(35)18-39-29-33-24-9-3-1-7-22(24)28(37)34(29)17-19-11-13-20(14-12-19)27(36)31-16-21-6-5-15-38-21/h1-4,7-10,19-21H,5-6,11-18H2,(H,31,36)(H,32,35). The molecule has 1 saturated carbocycles. The SMILES string of the molecule is O=C(CSc1nc2ccccc2c(=O)n1CC1CCC(C(=O)NCC2CCCO2)CC1)Nc1ccccc1Cl. The Labute approximate surface area is 236 Å². The number of thioether (sulfide) groups is 1. The lowest BCUT2D eigenvalue weighted by Crippen LogP contribution is -2.38. The van der Waals surface area contributed by atoms with Crippen LogP contribution in [0.4, 0.5) is 5.69 Å². The van der Waals surface area contributed by atoms with Gasteiger partial charge in [0.1, 0.15) is 0 Å². The van der Waals surface area contributed by atoms with Gasteiger partial charge < -0.3 is 15.4 Å². The third-order valence-electron chi connectivity index (χ3n) is 7.49. The minimum absolute atomic E-state index is 0.00328. The predicted molar refractivity (Wildman–Crippen MR) is 154 cm³/mol. The highest BCUT2D eigenvalue weighted by Gasteiger charge is 2.28. The Morgan fingerprint density at radius 1 is 1.05 bits per heavy atom. The Kier molecular flexibility index (Phi) is 9.21. The van der Waals surface area contributed by atoms with E-state index in [0.717, 1.165) is 45.1 Å². The van der Waals surface area contributed by atoms with Crippen LogP contribution in [0.2, 0.25) is 5.02 Å². The van der Waals surface area contributed by atoms with Crippen LogP contribution in [0, 0.1) is 11.8 Å². The topological polar surface area (TPSA) is 102 Å². The summed E-state index contributed by atoms with van der Waals surface area (Å²) in [7, 11) is 0. The molecule has 2 fully saturated rings. The first-order valence-corrected chi connectivity index (χ1v) is 14.9. The second kappa shape index (κ2) is 13.0.